The monoisotopic (exact) mass is 336 g/mol. The number of carbonyl (C=O) groups excluding carboxylic acids is 2. The molecule has 0 aliphatic rings. The van der Waals surface area contributed by atoms with Gasteiger partial charge in [-0.25, -0.2) is 0 Å². The smallest absolute Gasteiger partial charge is 0.243 e. The Morgan fingerprint density at radius 1 is 0.960 bits per heavy atom. The molecule has 0 aliphatic heterocycles. The van der Waals surface area contributed by atoms with Crippen LogP contribution in [-0.2, 0) is 16.0 Å². The number of amides is 2. The lowest BCUT2D eigenvalue weighted by molar-refractivity contribution is -0.120. The van der Waals surface area contributed by atoms with Gasteiger partial charge in [0.1, 0.15) is 0 Å². The molecule has 0 aromatic heterocycles. The Labute approximate surface area is 146 Å². The lowest BCUT2D eigenvalue weighted by Gasteiger charge is -2.09. The Balaban J connectivity index is 1.81. The first-order valence-electron chi connectivity index (χ1n) is 8.00. The van der Waals surface area contributed by atoms with Crippen molar-refractivity contribution in [3.8, 4) is 6.07 Å². The summed E-state index contributed by atoms with van der Waals surface area (Å²) >= 11 is 0. The van der Waals surface area contributed by atoms with Gasteiger partial charge in [0.25, 0.3) is 0 Å². The number of likely N-dealkylation sites (N-methyl/N-ethyl adjacent to an activating group) is 1. The van der Waals surface area contributed by atoms with Crippen molar-refractivity contribution < 1.29 is 9.59 Å². The molecule has 0 atom stereocenters. The number of carbonyl (C=O) groups is 2. The van der Waals surface area contributed by atoms with Crippen LogP contribution in [0.25, 0.3) is 0 Å². The standard InChI is InChI=1S/C19H20N4O2/c1-2-21-18(24)11-14-3-9-17(10-4-14)23-19(25)13-22-16-7-5-15(12-20)6-8-16/h3-10,22H,2,11,13H2,1H3,(H,21,24)(H,23,25). The minimum absolute atomic E-state index is 0.0223. The van der Waals surface area contributed by atoms with Crippen molar-refractivity contribution in [1.29, 1.82) is 5.26 Å². The van der Waals surface area contributed by atoms with Gasteiger partial charge in [0.05, 0.1) is 24.6 Å². The third-order valence-corrected chi connectivity index (χ3v) is 3.44. The fourth-order valence-corrected chi connectivity index (χ4v) is 2.20. The van der Waals surface area contributed by atoms with E-state index in [-0.39, 0.29) is 18.4 Å². The topological polar surface area (TPSA) is 94.0 Å². The van der Waals surface area contributed by atoms with Crippen molar-refractivity contribution in [3.05, 3.63) is 59.7 Å². The van der Waals surface area contributed by atoms with Crippen LogP contribution in [-0.4, -0.2) is 24.9 Å². The molecule has 128 valence electrons. The van der Waals surface area contributed by atoms with Crippen LogP contribution < -0.4 is 16.0 Å². The molecule has 0 saturated heterocycles. The van der Waals surface area contributed by atoms with Gasteiger partial charge in [-0.1, -0.05) is 12.1 Å². The molecule has 0 unspecified atom stereocenters. The Kier molecular flexibility index (Phi) is 6.55. The number of nitrogens with zero attached hydrogens (tertiary/aromatic N) is 1. The van der Waals surface area contributed by atoms with Crippen molar-refractivity contribution >= 4 is 23.2 Å². The van der Waals surface area contributed by atoms with Crippen molar-refractivity contribution in [1.82, 2.24) is 5.32 Å². The van der Waals surface area contributed by atoms with Gasteiger partial charge in [-0.05, 0) is 48.9 Å². The van der Waals surface area contributed by atoms with Crippen molar-refractivity contribution in [2.75, 3.05) is 23.7 Å². The highest BCUT2D eigenvalue weighted by Gasteiger charge is 2.05. The molecule has 6 heteroatoms. The maximum absolute atomic E-state index is 12.0. The Morgan fingerprint density at radius 2 is 1.60 bits per heavy atom. The van der Waals surface area contributed by atoms with Crippen LogP contribution >= 0.6 is 0 Å². The van der Waals surface area contributed by atoms with Crippen LogP contribution in [0.5, 0.6) is 0 Å². The summed E-state index contributed by atoms with van der Waals surface area (Å²) in [7, 11) is 0. The van der Waals surface area contributed by atoms with Gasteiger partial charge >= 0.3 is 0 Å². The van der Waals surface area contributed by atoms with E-state index in [4.69, 9.17) is 5.26 Å². The Morgan fingerprint density at radius 3 is 2.20 bits per heavy atom. The first-order valence-corrected chi connectivity index (χ1v) is 8.00. The summed E-state index contributed by atoms with van der Waals surface area (Å²) < 4.78 is 0. The molecule has 0 fully saturated rings. The molecule has 25 heavy (non-hydrogen) atoms. The second-order valence-electron chi connectivity index (χ2n) is 5.42. The summed E-state index contributed by atoms with van der Waals surface area (Å²) in [6, 6.07) is 16.1. The fraction of sp³-hybridized carbons (Fsp3) is 0.211. The van der Waals surface area contributed by atoms with Gasteiger partial charge < -0.3 is 16.0 Å². The molecular formula is C19H20N4O2. The van der Waals surface area contributed by atoms with E-state index >= 15 is 0 Å². The molecule has 3 N–H and O–H groups in total. The highest BCUT2D eigenvalue weighted by molar-refractivity contribution is 5.93. The minimum atomic E-state index is -0.180. The largest absolute Gasteiger partial charge is 0.376 e. The van der Waals surface area contributed by atoms with Crippen molar-refractivity contribution in [2.45, 2.75) is 13.3 Å². The number of nitrogens with one attached hydrogen (secondary N) is 3. The summed E-state index contributed by atoms with van der Waals surface area (Å²) in [5, 5.41) is 17.3. The second kappa shape index (κ2) is 9.08. The molecule has 6 nitrogen and oxygen atoms in total. The lowest BCUT2D eigenvalue weighted by atomic mass is 10.1. The molecule has 0 bridgehead atoms. The minimum Gasteiger partial charge on any atom is -0.376 e. The molecule has 0 aliphatic carbocycles. The van der Waals surface area contributed by atoms with E-state index in [0.717, 1.165) is 11.3 Å². The zero-order valence-electron chi connectivity index (χ0n) is 14.0. The van der Waals surface area contributed by atoms with Crippen LogP contribution in [0, 0.1) is 11.3 Å². The third-order valence-electron chi connectivity index (χ3n) is 3.44. The van der Waals surface area contributed by atoms with Gasteiger partial charge in [0, 0.05) is 17.9 Å². The molecule has 0 heterocycles. The van der Waals surface area contributed by atoms with Crippen LogP contribution in [0.15, 0.2) is 48.5 Å². The molecule has 2 amide bonds. The third kappa shape index (κ3) is 5.99. The van der Waals surface area contributed by atoms with Crippen molar-refractivity contribution in [3.63, 3.8) is 0 Å². The van der Waals surface area contributed by atoms with E-state index in [1.54, 1.807) is 36.4 Å². The molecule has 0 spiro atoms. The fourth-order valence-electron chi connectivity index (χ4n) is 2.20. The average molecular weight is 336 g/mol. The zero-order valence-corrected chi connectivity index (χ0v) is 14.0. The predicted molar refractivity (Wildman–Crippen MR) is 97.1 cm³/mol. The quantitative estimate of drug-likeness (QED) is 0.723. The summed E-state index contributed by atoms with van der Waals surface area (Å²) in [5.41, 5.74) is 2.90. The summed E-state index contributed by atoms with van der Waals surface area (Å²) in [6.45, 7) is 2.61. The van der Waals surface area contributed by atoms with Crippen LogP contribution in [0.1, 0.15) is 18.1 Å². The van der Waals surface area contributed by atoms with Crippen molar-refractivity contribution in [2.24, 2.45) is 0 Å². The second-order valence-corrected chi connectivity index (χ2v) is 5.42. The number of anilines is 2. The average Bonchev–Trinajstić information content (AvgIpc) is 2.62. The van der Waals surface area contributed by atoms with E-state index in [9.17, 15) is 9.59 Å². The van der Waals surface area contributed by atoms with E-state index in [1.807, 2.05) is 25.1 Å². The molecule has 0 saturated carbocycles. The van der Waals surface area contributed by atoms with Crippen LogP contribution in [0.2, 0.25) is 0 Å². The SMILES string of the molecule is CCNC(=O)Cc1ccc(NC(=O)CNc2ccc(C#N)cc2)cc1. The molecular weight excluding hydrogens is 316 g/mol. The first-order chi connectivity index (χ1) is 12.1. The van der Waals surface area contributed by atoms with E-state index in [1.165, 1.54) is 0 Å². The summed E-state index contributed by atoms with van der Waals surface area (Å²) in [6.07, 6.45) is 0.322. The zero-order chi connectivity index (χ0) is 18.1. The highest BCUT2D eigenvalue weighted by atomic mass is 16.2. The Bertz CT molecular complexity index is 762. The number of nitriles is 1. The number of hydrogen-bond acceptors (Lipinski definition) is 4. The van der Waals surface area contributed by atoms with Gasteiger partial charge in [0.15, 0.2) is 0 Å². The first kappa shape index (κ1) is 18.0. The summed E-state index contributed by atoms with van der Waals surface area (Å²) in [5.74, 6) is -0.202. The van der Waals surface area contributed by atoms with Gasteiger partial charge in [-0.2, -0.15) is 5.26 Å². The normalized spacial score (nSPS) is 9.76. The van der Waals surface area contributed by atoms with Crippen LogP contribution in [0.4, 0.5) is 11.4 Å². The maximum Gasteiger partial charge on any atom is 0.243 e. The number of hydrogen-bond donors (Lipinski definition) is 3. The van der Waals surface area contributed by atoms with E-state index < -0.39 is 0 Å². The van der Waals surface area contributed by atoms with Crippen LogP contribution in [0.3, 0.4) is 0 Å². The number of rotatable bonds is 7. The molecule has 2 aromatic carbocycles. The van der Waals surface area contributed by atoms with Gasteiger partial charge in [-0.3, -0.25) is 9.59 Å². The van der Waals surface area contributed by atoms with Gasteiger partial charge in [-0.15, -0.1) is 0 Å². The van der Waals surface area contributed by atoms with E-state index in [0.29, 0.717) is 24.2 Å². The van der Waals surface area contributed by atoms with E-state index in [2.05, 4.69) is 16.0 Å². The lowest BCUT2D eigenvalue weighted by Crippen LogP contribution is -2.24. The maximum atomic E-state index is 12.0. The molecule has 0 radical (unpaired) electrons. The molecule has 2 rings (SSSR count). The van der Waals surface area contributed by atoms with Gasteiger partial charge in [0.2, 0.25) is 11.8 Å². The predicted octanol–water partition coefficient (Wildman–Crippen LogP) is 2.29. The highest BCUT2D eigenvalue weighted by Crippen LogP contribution is 2.11. The molecule has 2 aromatic rings. The summed E-state index contributed by atoms with van der Waals surface area (Å²) in [4.78, 5) is 23.5. The Hall–Kier alpha value is -3.33. The number of benzene rings is 2.